The molecule has 2 nitrogen and oxygen atoms in total. The SMILES string of the molecule is COC(CCCCCC/C=C\CCBr)OC. The van der Waals surface area contributed by atoms with Crippen LogP contribution in [0.15, 0.2) is 12.2 Å². The molecule has 0 atom stereocenters. The van der Waals surface area contributed by atoms with Gasteiger partial charge in [0.25, 0.3) is 0 Å². The monoisotopic (exact) mass is 292 g/mol. The van der Waals surface area contributed by atoms with Crippen LogP contribution in [0.2, 0.25) is 0 Å². The second-order valence-electron chi connectivity index (χ2n) is 3.84. The van der Waals surface area contributed by atoms with Crippen LogP contribution >= 0.6 is 15.9 Å². The maximum atomic E-state index is 5.13. The Bertz CT molecular complexity index is 156. The lowest BCUT2D eigenvalue weighted by molar-refractivity contribution is -0.107. The van der Waals surface area contributed by atoms with Crippen molar-refractivity contribution in [2.24, 2.45) is 0 Å². The second-order valence-corrected chi connectivity index (χ2v) is 4.63. The molecule has 0 aromatic rings. The van der Waals surface area contributed by atoms with E-state index in [4.69, 9.17) is 9.47 Å². The van der Waals surface area contributed by atoms with Gasteiger partial charge in [0.05, 0.1) is 0 Å². The van der Waals surface area contributed by atoms with E-state index in [1.54, 1.807) is 14.2 Å². The van der Waals surface area contributed by atoms with E-state index in [1.807, 2.05) is 0 Å². The Balaban J connectivity index is 3.15. The fraction of sp³-hybridized carbons (Fsp3) is 0.846. The Morgan fingerprint density at radius 2 is 1.56 bits per heavy atom. The molecule has 0 amide bonds. The van der Waals surface area contributed by atoms with Crippen molar-refractivity contribution in [3.05, 3.63) is 12.2 Å². The first-order valence-corrected chi connectivity index (χ1v) is 7.23. The number of hydrogen-bond acceptors (Lipinski definition) is 2. The fourth-order valence-electron chi connectivity index (χ4n) is 1.56. The number of methoxy groups -OCH3 is 2. The number of ether oxygens (including phenoxy) is 2. The van der Waals surface area contributed by atoms with E-state index in [0.717, 1.165) is 18.2 Å². The molecular weight excluding hydrogens is 268 g/mol. The molecule has 0 bridgehead atoms. The molecule has 0 saturated carbocycles. The average molecular weight is 293 g/mol. The highest BCUT2D eigenvalue weighted by molar-refractivity contribution is 9.09. The van der Waals surface area contributed by atoms with Crippen LogP contribution in [0.25, 0.3) is 0 Å². The molecule has 0 rings (SSSR count). The average Bonchev–Trinajstić information content (AvgIpc) is 2.32. The van der Waals surface area contributed by atoms with E-state index >= 15 is 0 Å². The predicted octanol–water partition coefficient (Wildman–Crippen LogP) is 4.29. The molecule has 0 saturated heterocycles. The molecule has 0 aliphatic rings. The summed E-state index contributed by atoms with van der Waals surface area (Å²) in [5, 5.41) is 1.07. The van der Waals surface area contributed by atoms with Crippen molar-refractivity contribution in [2.75, 3.05) is 19.5 Å². The van der Waals surface area contributed by atoms with Crippen molar-refractivity contribution in [1.29, 1.82) is 0 Å². The highest BCUT2D eigenvalue weighted by atomic mass is 79.9. The highest BCUT2D eigenvalue weighted by Gasteiger charge is 2.03. The van der Waals surface area contributed by atoms with Gasteiger partial charge in [-0.1, -0.05) is 40.9 Å². The Kier molecular flexibility index (Phi) is 13.3. The molecule has 0 aliphatic heterocycles. The Hall–Kier alpha value is 0.140. The summed E-state index contributed by atoms with van der Waals surface area (Å²) in [4.78, 5) is 0. The number of rotatable bonds is 11. The molecule has 0 aromatic carbocycles. The van der Waals surface area contributed by atoms with Crippen molar-refractivity contribution in [3.8, 4) is 0 Å². The highest BCUT2D eigenvalue weighted by Crippen LogP contribution is 2.09. The smallest absolute Gasteiger partial charge is 0.156 e. The quantitative estimate of drug-likeness (QED) is 0.245. The van der Waals surface area contributed by atoms with E-state index in [-0.39, 0.29) is 6.29 Å². The molecule has 0 unspecified atom stereocenters. The van der Waals surface area contributed by atoms with E-state index in [0.29, 0.717) is 0 Å². The van der Waals surface area contributed by atoms with Crippen LogP contribution in [0, 0.1) is 0 Å². The molecule has 0 fully saturated rings. The zero-order chi connectivity index (χ0) is 12.1. The molecule has 3 heteroatoms. The maximum Gasteiger partial charge on any atom is 0.156 e. The summed E-state index contributed by atoms with van der Waals surface area (Å²) < 4.78 is 10.3. The molecule has 0 N–H and O–H groups in total. The van der Waals surface area contributed by atoms with Crippen LogP contribution in [0.5, 0.6) is 0 Å². The Morgan fingerprint density at radius 1 is 0.938 bits per heavy atom. The van der Waals surface area contributed by atoms with E-state index in [9.17, 15) is 0 Å². The summed E-state index contributed by atoms with van der Waals surface area (Å²) in [7, 11) is 3.39. The molecule has 0 spiro atoms. The van der Waals surface area contributed by atoms with E-state index in [2.05, 4.69) is 28.1 Å². The number of allylic oxidation sites excluding steroid dienone is 2. The number of halogens is 1. The lowest BCUT2D eigenvalue weighted by Crippen LogP contribution is -2.12. The van der Waals surface area contributed by atoms with Gasteiger partial charge in [-0.05, 0) is 32.1 Å². The number of unbranched alkanes of at least 4 members (excludes halogenated alkanes) is 4. The third-order valence-corrected chi connectivity index (χ3v) is 2.99. The number of alkyl halides is 1. The van der Waals surface area contributed by atoms with Gasteiger partial charge >= 0.3 is 0 Å². The first-order valence-electron chi connectivity index (χ1n) is 6.11. The molecule has 0 aromatic heterocycles. The van der Waals surface area contributed by atoms with Crippen LogP contribution in [-0.4, -0.2) is 25.8 Å². The Morgan fingerprint density at radius 3 is 2.19 bits per heavy atom. The van der Waals surface area contributed by atoms with Crippen molar-refractivity contribution in [3.63, 3.8) is 0 Å². The predicted molar refractivity (Wildman–Crippen MR) is 73.1 cm³/mol. The first-order chi connectivity index (χ1) is 7.85. The molecule has 0 aliphatic carbocycles. The molecule has 0 heterocycles. The van der Waals surface area contributed by atoms with Gasteiger partial charge in [0.2, 0.25) is 0 Å². The van der Waals surface area contributed by atoms with Gasteiger partial charge < -0.3 is 9.47 Å². The summed E-state index contributed by atoms with van der Waals surface area (Å²) in [5.74, 6) is 0. The second kappa shape index (κ2) is 13.2. The number of hydrogen-bond donors (Lipinski definition) is 0. The molecule has 0 radical (unpaired) electrons. The summed E-state index contributed by atoms with van der Waals surface area (Å²) >= 11 is 3.40. The minimum Gasteiger partial charge on any atom is -0.356 e. The molecular formula is C13H25BrO2. The fourth-order valence-corrected chi connectivity index (χ4v) is 1.82. The van der Waals surface area contributed by atoms with Gasteiger partial charge in [0.1, 0.15) is 0 Å². The molecule has 96 valence electrons. The van der Waals surface area contributed by atoms with Crippen LogP contribution in [-0.2, 0) is 9.47 Å². The summed E-state index contributed by atoms with van der Waals surface area (Å²) in [6.45, 7) is 0. The van der Waals surface area contributed by atoms with Gasteiger partial charge in [-0.25, -0.2) is 0 Å². The van der Waals surface area contributed by atoms with Gasteiger partial charge in [0, 0.05) is 19.5 Å². The van der Waals surface area contributed by atoms with Gasteiger partial charge in [-0.15, -0.1) is 0 Å². The van der Waals surface area contributed by atoms with Crippen LogP contribution in [0.4, 0.5) is 0 Å². The van der Waals surface area contributed by atoms with Crippen molar-refractivity contribution < 1.29 is 9.47 Å². The molecule has 16 heavy (non-hydrogen) atoms. The van der Waals surface area contributed by atoms with Crippen molar-refractivity contribution in [2.45, 2.75) is 51.2 Å². The zero-order valence-electron chi connectivity index (χ0n) is 10.6. The minimum atomic E-state index is -0.0150. The summed E-state index contributed by atoms with van der Waals surface area (Å²) in [6.07, 6.45) is 12.9. The first kappa shape index (κ1) is 16.1. The van der Waals surface area contributed by atoms with Crippen LogP contribution in [0.3, 0.4) is 0 Å². The summed E-state index contributed by atoms with van der Waals surface area (Å²) in [5.41, 5.74) is 0. The van der Waals surface area contributed by atoms with Crippen LogP contribution in [0.1, 0.15) is 44.9 Å². The Labute approximate surface area is 109 Å². The zero-order valence-corrected chi connectivity index (χ0v) is 12.2. The third kappa shape index (κ3) is 10.7. The largest absolute Gasteiger partial charge is 0.356 e. The van der Waals surface area contributed by atoms with Crippen molar-refractivity contribution in [1.82, 2.24) is 0 Å². The lowest BCUT2D eigenvalue weighted by atomic mass is 10.1. The van der Waals surface area contributed by atoms with Gasteiger partial charge in [-0.3, -0.25) is 0 Å². The lowest BCUT2D eigenvalue weighted by Gasteiger charge is -2.12. The normalized spacial score (nSPS) is 11.8. The van der Waals surface area contributed by atoms with Crippen molar-refractivity contribution >= 4 is 15.9 Å². The maximum absolute atomic E-state index is 5.13. The minimum absolute atomic E-state index is 0.0150. The van der Waals surface area contributed by atoms with E-state index in [1.165, 1.54) is 32.1 Å². The van der Waals surface area contributed by atoms with Gasteiger partial charge in [-0.2, -0.15) is 0 Å². The third-order valence-electron chi connectivity index (χ3n) is 2.53. The summed E-state index contributed by atoms with van der Waals surface area (Å²) in [6, 6.07) is 0. The topological polar surface area (TPSA) is 18.5 Å². The standard InChI is InChI=1S/C13H25BrO2/c1-15-13(16-2)11-9-7-5-3-4-6-8-10-12-14/h6,8,13H,3-5,7,9-12H2,1-2H3/b8-6-. The van der Waals surface area contributed by atoms with Gasteiger partial charge in [0.15, 0.2) is 6.29 Å². The van der Waals surface area contributed by atoms with E-state index < -0.39 is 0 Å². The van der Waals surface area contributed by atoms with Crippen LogP contribution < -0.4 is 0 Å².